The van der Waals surface area contributed by atoms with Gasteiger partial charge in [0.1, 0.15) is 29.3 Å². The van der Waals surface area contributed by atoms with E-state index in [1.807, 2.05) is 151 Å². The lowest BCUT2D eigenvalue weighted by atomic mass is 9.80. The standard InChI is InChI=1S/C53H66FN4O10PS/c1-36(2)58(37(3)4)69(66-31-15-16-32-70-50(61)52(5,6)35-55-46(60)33-38-17-11-9-12-18-38)68-48-44(67-49(47(48)54)57-30-29-45(59)56-51(57)62)34-65-53(39-19-13-10-14-20-39,40-21-25-42(63-7)26-22-40)41-23-27-43(64-8)28-24-41/h9-14,17-30,36-37,44,47-49H,15-16,31-35H2,1-8H3,(H,55,60)(H,56,59,62). The number of nitrogens with one attached hydrogen (secondary N) is 2. The van der Waals surface area contributed by atoms with Crippen molar-refractivity contribution in [3.63, 3.8) is 0 Å². The highest BCUT2D eigenvalue weighted by molar-refractivity contribution is 8.13. The molecular formula is C53H66FN4O10PS. The van der Waals surface area contributed by atoms with Crippen molar-refractivity contribution in [3.05, 3.63) is 165 Å². The van der Waals surface area contributed by atoms with Crippen molar-refractivity contribution in [3.8, 4) is 11.5 Å². The molecule has 14 nitrogen and oxygen atoms in total. The number of unbranched alkanes of at least 4 members (excludes halogenated alkanes) is 1. The Kier molecular flexibility index (Phi) is 19.5. The van der Waals surface area contributed by atoms with E-state index in [9.17, 15) is 19.2 Å². The van der Waals surface area contributed by atoms with Gasteiger partial charge in [-0.1, -0.05) is 111 Å². The molecule has 0 aliphatic carbocycles. The molecule has 5 aromatic rings. The number of H-pyrrole nitrogens is 1. The van der Waals surface area contributed by atoms with Gasteiger partial charge in [0.15, 0.2) is 17.5 Å². The summed E-state index contributed by atoms with van der Waals surface area (Å²) in [6.07, 6.45) is -3.17. The Morgan fingerprint density at radius 1 is 0.829 bits per heavy atom. The fourth-order valence-electron chi connectivity index (χ4n) is 8.26. The van der Waals surface area contributed by atoms with Crippen LogP contribution in [0, 0.1) is 5.41 Å². The SMILES string of the molecule is COc1ccc(C(OCC2OC(n3ccc(=O)[nH]c3=O)C(F)C2OP(OCCCCSC(=O)C(C)(C)CNC(=O)Cc2ccccc2)N(C(C)C)C(C)C)(c2ccccc2)c2ccc(OC)cc2)cc1. The van der Waals surface area contributed by atoms with Crippen LogP contribution in [0.25, 0.3) is 0 Å². The van der Waals surface area contributed by atoms with Crippen LogP contribution in [-0.4, -0.2) is 95.4 Å². The average molecular weight is 1000 g/mol. The Hall–Kier alpha value is -5.19. The number of aromatic amines is 1. The summed E-state index contributed by atoms with van der Waals surface area (Å²) in [5.74, 6) is 1.67. The highest BCUT2D eigenvalue weighted by atomic mass is 32.2. The molecule has 17 heteroatoms. The molecule has 1 aliphatic heterocycles. The minimum atomic E-state index is -1.96. The van der Waals surface area contributed by atoms with E-state index in [1.54, 1.807) is 14.2 Å². The van der Waals surface area contributed by atoms with Gasteiger partial charge >= 0.3 is 5.69 Å². The lowest BCUT2D eigenvalue weighted by Gasteiger charge is -2.39. The van der Waals surface area contributed by atoms with Crippen LogP contribution in [0.4, 0.5) is 4.39 Å². The predicted octanol–water partition coefficient (Wildman–Crippen LogP) is 8.97. The van der Waals surface area contributed by atoms with Gasteiger partial charge < -0.3 is 33.3 Å². The third-order valence-electron chi connectivity index (χ3n) is 11.9. The van der Waals surface area contributed by atoms with E-state index in [2.05, 4.69) is 15.0 Å². The number of carbonyl (C=O) groups excluding carboxylic acids is 2. The number of alkyl halides is 1. The molecule has 2 heterocycles. The number of thioether (sulfide) groups is 1. The second-order valence-electron chi connectivity index (χ2n) is 18.2. The molecule has 0 spiro atoms. The number of halogens is 1. The van der Waals surface area contributed by atoms with Gasteiger partial charge in [-0.05, 0) is 87.1 Å². The van der Waals surface area contributed by atoms with Gasteiger partial charge in [-0.25, -0.2) is 13.9 Å². The fourth-order valence-corrected chi connectivity index (χ4v) is 11.1. The lowest BCUT2D eigenvalue weighted by molar-refractivity contribution is -0.122. The largest absolute Gasteiger partial charge is 0.497 e. The highest BCUT2D eigenvalue weighted by Crippen LogP contribution is 2.51. The zero-order valence-electron chi connectivity index (χ0n) is 41.2. The van der Waals surface area contributed by atoms with E-state index in [1.165, 1.54) is 18.0 Å². The molecule has 2 N–H and O–H groups in total. The zero-order chi connectivity index (χ0) is 50.4. The molecule has 70 heavy (non-hydrogen) atoms. The Balaban J connectivity index is 1.23. The summed E-state index contributed by atoms with van der Waals surface area (Å²) in [6, 6.07) is 35.1. The van der Waals surface area contributed by atoms with Crippen LogP contribution in [0.5, 0.6) is 11.5 Å². The van der Waals surface area contributed by atoms with Crippen molar-refractivity contribution in [2.24, 2.45) is 5.41 Å². The molecule has 0 radical (unpaired) electrons. The monoisotopic (exact) mass is 1000 g/mol. The van der Waals surface area contributed by atoms with Gasteiger partial charge in [0.05, 0.1) is 39.3 Å². The Labute approximate surface area is 415 Å². The molecule has 1 aliphatic rings. The lowest BCUT2D eigenvalue weighted by Crippen LogP contribution is -2.41. The fraction of sp³-hybridized carbons (Fsp3) is 0.434. The number of amides is 1. The normalized spacial score (nSPS) is 17.8. The van der Waals surface area contributed by atoms with E-state index in [4.69, 9.17) is 28.0 Å². The van der Waals surface area contributed by atoms with Gasteiger partial charge in [0, 0.05) is 36.6 Å². The molecule has 1 aromatic heterocycles. The third-order valence-corrected chi connectivity index (χ3v) is 15.4. The van der Waals surface area contributed by atoms with Crippen LogP contribution < -0.4 is 26.0 Å². The number of carbonyl (C=O) groups is 2. The first-order chi connectivity index (χ1) is 33.6. The van der Waals surface area contributed by atoms with Crippen LogP contribution in [0.15, 0.2) is 131 Å². The Bertz CT molecular complexity index is 2490. The molecule has 4 aromatic carbocycles. The van der Waals surface area contributed by atoms with Crippen LogP contribution in [-0.2, 0) is 40.1 Å². The summed E-state index contributed by atoms with van der Waals surface area (Å²) in [4.78, 5) is 53.5. The van der Waals surface area contributed by atoms with E-state index in [-0.39, 0.29) is 49.3 Å². The molecule has 376 valence electrons. The summed E-state index contributed by atoms with van der Waals surface area (Å²) < 4.78 is 58.6. The number of aromatic nitrogens is 2. The van der Waals surface area contributed by atoms with Crippen LogP contribution in [0.2, 0.25) is 0 Å². The van der Waals surface area contributed by atoms with Crippen LogP contribution >= 0.6 is 20.3 Å². The van der Waals surface area contributed by atoms with E-state index < -0.39 is 55.4 Å². The van der Waals surface area contributed by atoms with E-state index in [0.29, 0.717) is 30.1 Å². The van der Waals surface area contributed by atoms with Gasteiger partial charge in [0.2, 0.25) is 5.91 Å². The number of methoxy groups -OCH3 is 2. The average Bonchev–Trinajstić information content (AvgIpc) is 3.65. The first kappa shape index (κ1) is 54.1. The Morgan fingerprint density at radius 2 is 1.40 bits per heavy atom. The zero-order valence-corrected chi connectivity index (χ0v) is 42.9. The maximum Gasteiger partial charge on any atom is 0.330 e. The molecule has 5 unspecified atom stereocenters. The Morgan fingerprint density at radius 3 is 1.96 bits per heavy atom. The second-order valence-corrected chi connectivity index (χ2v) is 20.7. The van der Waals surface area contributed by atoms with Gasteiger partial charge in [-0.2, -0.15) is 0 Å². The summed E-state index contributed by atoms with van der Waals surface area (Å²) in [5.41, 5.74) is -0.377. The number of ether oxygens (including phenoxy) is 4. The first-order valence-electron chi connectivity index (χ1n) is 23.5. The minimum absolute atomic E-state index is 0.0281. The van der Waals surface area contributed by atoms with Crippen molar-refractivity contribution in [2.45, 2.75) is 103 Å². The van der Waals surface area contributed by atoms with Crippen molar-refractivity contribution >= 4 is 31.3 Å². The molecule has 1 saturated heterocycles. The molecule has 0 bridgehead atoms. The van der Waals surface area contributed by atoms with Gasteiger partial charge in [-0.15, -0.1) is 0 Å². The van der Waals surface area contributed by atoms with E-state index in [0.717, 1.165) is 32.9 Å². The summed E-state index contributed by atoms with van der Waals surface area (Å²) in [5, 5.41) is 2.88. The number of rotatable bonds is 25. The molecule has 1 amide bonds. The summed E-state index contributed by atoms with van der Waals surface area (Å²) in [6.45, 7) is 11.9. The molecule has 1 fully saturated rings. The van der Waals surface area contributed by atoms with Crippen LogP contribution in [0.1, 0.15) is 82.9 Å². The maximum absolute atomic E-state index is 17.4. The predicted molar refractivity (Wildman–Crippen MR) is 272 cm³/mol. The molecular weight excluding hydrogens is 935 g/mol. The smallest absolute Gasteiger partial charge is 0.330 e. The molecule has 5 atom stereocenters. The minimum Gasteiger partial charge on any atom is -0.497 e. The van der Waals surface area contributed by atoms with Crippen LogP contribution in [0.3, 0.4) is 0 Å². The topological polar surface area (TPSA) is 160 Å². The van der Waals surface area contributed by atoms with Gasteiger partial charge in [0.25, 0.3) is 14.1 Å². The van der Waals surface area contributed by atoms with E-state index >= 15 is 4.39 Å². The summed E-state index contributed by atoms with van der Waals surface area (Å²) in [7, 11) is 1.23. The third kappa shape index (κ3) is 13.6. The van der Waals surface area contributed by atoms with Crippen molar-refractivity contribution in [2.75, 3.05) is 39.7 Å². The first-order valence-corrected chi connectivity index (χ1v) is 25.6. The second kappa shape index (κ2) is 25.3. The number of benzene rings is 4. The van der Waals surface area contributed by atoms with Crippen molar-refractivity contribution in [1.82, 2.24) is 19.5 Å². The summed E-state index contributed by atoms with van der Waals surface area (Å²) >= 11 is 1.22. The number of nitrogens with zero attached hydrogens (tertiary/aromatic N) is 2. The van der Waals surface area contributed by atoms with Gasteiger partial charge in [-0.3, -0.25) is 23.9 Å². The highest BCUT2D eigenvalue weighted by Gasteiger charge is 2.51. The molecule has 6 rings (SSSR count). The number of hydrogen-bond donors (Lipinski definition) is 2. The van der Waals surface area contributed by atoms with Crippen molar-refractivity contribution < 1.29 is 42.0 Å². The molecule has 0 saturated carbocycles. The van der Waals surface area contributed by atoms with Crippen molar-refractivity contribution in [1.29, 1.82) is 0 Å². The quantitative estimate of drug-likeness (QED) is 0.0325. The number of hydrogen-bond acceptors (Lipinski definition) is 12. The maximum atomic E-state index is 17.4.